The summed E-state index contributed by atoms with van der Waals surface area (Å²) < 4.78 is 38.2. The fourth-order valence-electron chi connectivity index (χ4n) is 3.00. The van der Waals surface area contributed by atoms with E-state index in [0.29, 0.717) is 19.3 Å². The van der Waals surface area contributed by atoms with Gasteiger partial charge in [-0.1, -0.05) is 24.6 Å². The maximum Gasteiger partial charge on any atom is 0.389 e. The van der Waals surface area contributed by atoms with E-state index in [1.807, 2.05) is 30.3 Å². The Hall–Kier alpha value is -2.31. The van der Waals surface area contributed by atoms with Crippen molar-refractivity contribution in [2.45, 2.75) is 57.5 Å². The van der Waals surface area contributed by atoms with Gasteiger partial charge in [-0.25, -0.2) is 0 Å². The number of hydrogen-bond acceptors (Lipinski definition) is 2. The zero-order chi connectivity index (χ0) is 19.2. The molecule has 2 aromatic rings. The molecule has 0 saturated heterocycles. The van der Waals surface area contributed by atoms with Crippen LogP contribution in [0.3, 0.4) is 0 Å². The van der Waals surface area contributed by atoms with E-state index in [9.17, 15) is 22.8 Å². The summed E-state index contributed by atoms with van der Waals surface area (Å²) in [6.07, 6.45) is -3.02. The van der Waals surface area contributed by atoms with Crippen LogP contribution in [0.25, 0.3) is 10.9 Å². The lowest BCUT2D eigenvalue weighted by Crippen LogP contribution is -2.14. The number of carbonyl (C=O) groups excluding carboxylic acids is 1. The quantitative estimate of drug-likeness (QED) is 0.618. The molecule has 0 bridgehead atoms. The number of carboxylic acid groups (broad SMARTS) is 1. The van der Waals surface area contributed by atoms with Crippen LogP contribution in [0.2, 0.25) is 0 Å². The van der Waals surface area contributed by atoms with E-state index in [0.717, 1.165) is 16.6 Å². The molecule has 1 N–H and O–H groups in total. The lowest BCUT2D eigenvalue weighted by Gasteiger charge is -2.10. The monoisotopic (exact) mass is 369 g/mol. The van der Waals surface area contributed by atoms with Crippen molar-refractivity contribution in [2.75, 3.05) is 0 Å². The zero-order valence-corrected chi connectivity index (χ0v) is 14.4. The van der Waals surface area contributed by atoms with Crippen molar-refractivity contribution in [2.24, 2.45) is 0 Å². The van der Waals surface area contributed by atoms with Crippen molar-refractivity contribution >= 4 is 22.8 Å². The number of fused-ring (bicyclic) bond motifs is 1. The van der Waals surface area contributed by atoms with E-state index in [1.54, 1.807) is 4.57 Å². The molecular formula is C19H22F3NO3. The largest absolute Gasteiger partial charge is 0.481 e. The topological polar surface area (TPSA) is 59.3 Å². The molecule has 142 valence electrons. The molecule has 0 atom stereocenters. The number of benzene rings is 1. The summed E-state index contributed by atoms with van der Waals surface area (Å²) >= 11 is 0. The molecule has 0 saturated carbocycles. The Kier molecular flexibility index (Phi) is 6.83. The van der Waals surface area contributed by atoms with Gasteiger partial charge in [0.2, 0.25) is 5.91 Å². The fourth-order valence-corrected chi connectivity index (χ4v) is 3.00. The summed E-state index contributed by atoms with van der Waals surface area (Å²) in [6.45, 7) is 0. The summed E-state index contributed by atoms with van der Waals surface area (Å²) in [5.41, 5.74) is 1.51. The summed E-state index contributed by atoms with van der Waals surface area (Å²) in [4.78, 5) is 23.2. The molecule has 4 nitrogen and oxygen atoms in total. The molecule has 0 spiro atoms. The summed E-state index contributed by atoms with van der Waals surface area (Å²) in [5.74, 6) is -1.13. The van der Waals surface area contributed by atoms with E-state index in [2.05, 4.69) is 0 Å². The van der Waals surface area contributed by atoms with Gasteiger partial charge >= 0.3 is 12.1 Å². The number of aromatic nitrogens is 1. The van der Waals surface area contributed by atoms with Gasteiger partial charge in [-0.2, -0.15) is 13.2 Å². The molecule has 0 radical (unpaired) electrons. The van der Waals surface area contributed by atoms with Gasteiger partial charge in [-0.15, -0.1) is 0 Å². The second-order valence-electron chi connectivity index (χ2n) is 6.35. The minimum absolute atomic E-state index is 0.0717. The Balaban J connectivity index is 2.05. The predicted octanol–water partition coefficient (Wildman–Crippen LogP) is 5.20. The second kappa shape index (κ2) is 8.87. The molecule has 0 amide bonds. The summed E-state index contributed by atoms with van der Waals surface area (Å²) in [5, 5.41) is 9.60. The van der Waals surface area contributed by atoms with Gasteiger partial charge in [0.15, 0.2) is 0 Å². The molecule has 1 heterocycles. The first-order chi connectivity index (χ1) is 12.3. The lowest BCUT2D eigenvalue weighted by atomic mass is 10.1. The van der Waals surface area contributed by atoms with Crippen molar-refractivity contribution in [1.29, 1.82) is 0 Å². The zero-order valence-electron chi connectivity index (χ0n) is 14.4. The average Bonchev–Trinajstić information content (AvgIpc) is 2.91. The second-order valence-corrected chi connectivity index (χ2v) is 6.35. The van der Waals surface area contributed by atoms with Crippen molar-refractivity contribution < 1.29 is 27.9 Å². The third-order valence-electron chi connectivity index (χ3n) is 4.21. The summed E-state index contributed by atoms with van der Waals surface area (Å²) in [6, 6.07) is 9.25. The van der Waals surface area contributed by atoms with Gasteiger partial charge in [0, 0.05) is 30.3 Å². The first-order valence-corrected chi connectivity index (χ1v) is 8.69. The number of carbonyl (C=O) groups is 2. The Morgan fingerprint density at radius 1 is 1.00 bits per heavy atom. The van der Waals surface area contributed by atoms with Crippen LogP contribution in [-0.2, 0) is 11.2 Å². The third-order valence-corrected chi connectivity index (χ3v) is 4.21. The van der Waals surface area contributed by atoms with E-state index >= 15 is 0 Å². The highest BCUT2D eigenvalue weighted by molar-refractivity contribution is 5.93. The number of alkyl halides is 3. The molecule has 0 aliphatic heterocycles. The molecule has 1 aromatic carbocycles. The van der Waals surface area contributed by atoms with Crippen LogP contribution in [0.5, 0.6) is 0 Å². The molecule has 0 aliphatic rings. The minimum atomic E-state index is -4.13. The molecular weight excluding hydrogens is 347 g/mol. The molecule has 26 heavy (non-hydrogen) atoms. The number of para-hydroxylation sites is 1. The van der Waals surface area contributed by atoms with Crippen LogP contribution < -0.4 is 0 Å². The highest BCUT2D eigenvalue weighted by atomic mass is 19.4. The van der Waals surface area contributed by atoms with E-state index in [4.69, 9.17) is 5.11 Å². The Bertz CT molecular complexity index is 765. The van der Waals surface area contributed by atoms with Gasteiger partial charge in [-0.05, 0) is 37.8 Å². The molecule has 0 aliphatic carbocycles. The molecule has 2 rings (SSSR count). The predicted molar refractivity (Wildman–Crippen MR) is 92.3 cm³/mol. The SMILES string of the molecule is O=C(O)CCCC(=O)n1c(CCCCCC(F)(F)F)cc2ccccc21. The minimum Gasteiger partial charge on any atom is -0.481 e. The smallest absolute Gasteiger partial charge is 0.389 e. The van der Waals surface area contributed by atoms with Gasteiger partial charge < -0.3 is 5.11 Å². The molecule has 7 heteroatoms. The third kappa shape index (κ3) is 5.89. The van der Waals surface area contributed by atoms with E-state index in [1.165, 1.54) is 0 Å². The molecule has 1 aromatic heterocycles. The lowest BCUT2D eigenvalue weighted by molar-refractivity contribution is -0.137. The van der Waals surface area contributed by atoms with Gasteiger partial charge in [0.1, 0.15) is 0 Å². The number of carboxylic acids is 1. The number of aliphatic carboxylic acids is 1. The van der Waals surface area contributed by atoms with Crippen LogP contribution in [0, 0.1) is 0 Å². The number of nitrogens with zero attached hydrogens (tertiary/aromatic N) is 1. The maximum absolute atomic E-state index is 12.6. The van der Waals surface area contributed by atoms with Crippen LogP contribution in [-0.4, -0.2) is 27.7 Å². The number of aryl methyl sites for hydroxylation is 1. The molecule has 0 fully saturated rings. The average molecular weight is 369 g/mol. The number of unbranched alkanes of at least 4 members (excludes halogenated alkanes) is 2. The maximum atomic E-state index is 12.6. The van der Waals surface area contributed by atoms with E-state index < -0.39 is 18.6 Å². The van der Waals surface area contributed by atoms with Crippen molar-refractivity contribution in [3.05, 3.63) is 36.0 Å². The van der Waals surface area contributed by atoms with Gasteiger partial charge in [0.05, 0.1) is 5.52 Å². The van der Waals surface area contributed by atoms with Crippen molar-refractivity contribution in [1.82, 2.24) is 4.57 Å². The number of halogens is 3. The van der Waals surface area contributed by atoms with Gasteiger partial charge in [-0.3, -0.25) is 14.2 Å². The van der Waals surface area contributed by atoms with Gasteiger partial charge in [0.25, 0.3) is 0 Å². The van der Waals surface area contributed by atoms with Crippen LogP contribution in [0.4, 0.5) is 13.2 Å². The van der Waals surface area contributed by atoms with Crippen LogP contribution in [0.15, 0.2) is 30.3 Å². The highest BCUT2D eigenvalue weighted by Gasteiger charge is 2.25. The summed E-state index contributed by atoms with van der Waals surface area (Å²) in [7, 11) is 0. The van der Waals surface area contributed by atoms with E-state index in [-0.39, 0.29) is 31.6 Å². The number of hydrogen-bond donors (Lipinski definition) is 1. The first-order valence-electron chi connectivity index (χ1n) is 8.69. The van der Waals surface area contributed by atoms with Crippen LogP contribution in [0.1, 0.15) is 55.4 Å². The first kappa shape index (κ1) is 20.0. The van der Waals surface area contributed by atoms with Crippen molar-refractivity contribution in [3.63, 3.8) is 0 Å². The van der Waals surface area contributed by atoms with Crippen LogP contribution >= 0.6 is 0 Å². The Morgan fingerprint density at radius 2 is 1.73 bits per heavy atom. The highest BCUT2D eigenvalue weighted by Crippen LogP contribution is 2.25. The Morgan fingerprint density at radius 3 is 2.42 bits per heavy atom. The number of rotatable bonds is 9. The van der Waals surface area contributed by atoms with Crippen molar-refractivity contribution in [3.8, 4) is 0 Å². The Labute approximate surface area is 149 Å². The molecule has 0 unspecified atom stereocenters. The standard InChI is InChI=1S/C19H22F3NO3/c20-19(21,22)12-5-1-2-8-15-13-14-7-3-4-9-16(14)23(15)17(24)10-6-11-18(25)26/h3-4,7,9,13H,1-2,5-6,8,10-12H2,(H,25,26). The normalized spacial score (nSPS) is 11.8. The fraction of sp³-hybridized carbons (Fsp3) is 0.474.